The number of aromatic nitrogens is 3. The van der Waals surface area contributed by atoms with Gasteiger partial charge >= 0.3 is 0 Å². The molecule has 1 aliphatic heterocycles. The highest BCUT2D eigenvalue weighted by molar-refractivity contribution is 5.88. The smallest absolute Gasteiger partial charge is 0.248 e. The predicted octanol–water partition coefficient (Wildman–Crippen LogP) is 4.76. The van der Waals surface area contributed by atoms with Gasteiger partial charge in [-0.2, -0.15) is 0 Å². The zero-order valence-electron chi connectivity index (χ0n) is 15.8. The Kier molecular flexibility index (Phi) is 3.72. The average molecular weight is 373 g/mol. The van der Waals surface area contributed by atoms with E-state index in [-0.39, 0.29) is 11.4 Å². The summed E-state index contributed by atoms with van der Waals surface area (Å²) in [4.78, 5) is 19.4. The lowest BCUT2D eigenvalue weighted by molar-refractivity contribution is 0.617. The number of aryl methyl sites for hydroxylation is 3. The van der Waals surface area contributed by atoms with Crippen LogP contribution in [0, 0.1) is 19.7 Å². The molecule has 0 fully saturated rings. The first-order valence-corrected chi connectivity index (χ1v) is 9.51. The van der Waals surface area contributed by atoms with Gasteiger partial charge in [0, 0.05) is 35.7 Å². The Morgan fingerprint density at radius 1 is 1.07 bits per heavy atom. The minimum atomic E-state index is -0.191. The van der Waals surface area contributed by atoms with Crippen LogP contribution in [0.1, 0.15) is 23.4 Å². The molecule has 1 N–H and O–H groups in total. The monoisotopic (exact) mass is 373 g/mol. The molecule has 2 aromatic heterocycles. The van der Waals surface area contributed by atoms with Gasteiger partial charge < -0.3 is 9.55 Å². The number of rotatable bonds is 2. The molecule has 5 heteroatoms. The minimum absolute atomic E-state index is 0.108. The van der Waals surface area contributed by atoms with Crippen LogP contribution in [0.3, 0.4) is 0 Å². The Labute approximate surface area is 161 Å². The number of aromatic amines is 1. The maximum Gasteiger partial charge on any atom is 0.248 e. The number of pyridine rings is 1. The molecule has 4 nitrogen and oxygen atoms in total. The molecule has 2 aromatic carbocycles. The third-order valence-electron chi connectivity index (χ3n) is 5.59. The third-order valence-corrected chi connectivity index (χ3v) is 5.59. The van der Waals surface area contributed by atoms with E-state index in [1.54, 1.807) is 19.1 Å². The summed E-state index contributed by atoms with van der Waals surface area (Å²) >= 11 is 0. The van der Waals surface area contributed by atoms with Crippen LogP contribution in [0.2, 0.25) is 0 Å². The minimum Gasteiger partial charge on any atom is -0.327 e. The molecule has 0 saturated carbocycles. The second kappa shape index (κ2) is 6.16. The van der Waals surface area contributed by atoms with Crippen LogP contribution < -0.4 is 5.56 Å². The van der Waals surface area contributed by atoms with E-state index in [9.17, 15) is 9.18 Å². The largest absolute Gasteiger partial charge is 0.327 e. The fourth-order valence-electron chi connectivity index (χ4n) is 4.14. The van der Waals surface area contributed by atoms with E-state index in [4.69, 9.17) is 4.98 Å². The summed E-state index contributed by atoms with van der Waals surface area (Å²) in [6.45, 7) is 4.64. The average Bonchev–Trinajstić information content (AvgIpc) is 3.25. The number of benzene rings is 2. The van der Waals surface area contributed by atoms with Crippen LogP contribution in [0.4, 0.5) is 4.39 Å². The summed E-state index contributed by atoms with van der Waals surface area (Å²) in [5.74, 6) is 0.886. The molecule has 28 heavy (non-hydrogen) atoms. The van der Waals surface area contributed by atoms with Gasteiger partial charge in [0.25, 0.3) is 0 Å². The molecule has 5 rings (SSSR count). The zero-order chi connectivity index (χ0) is 19.4. The maximum absolute atomic E-state index is 14.0. The Balaban J connectivity index is 1.77. The van der Waals surface area contributed by atoms with Crippen molar-refractivity contribution in [2.45, 2.75) is 33.2 Å². The quantitative estimate of drug-likeness (QED) is 0.551. The highest BCUT2D eigenvalue weighted by Crippen LogP contribution is 2.38. The van der Waals surface area contributed by atoms with Crippen LogP contribution in [0.5, 0.6) is 0 Å². The molecular weight excluding hydrogens is 353 g/mol. The van der Waals surface area contributed by atoms with Crippen molar-refractivity contribution in [1.82, 2.24) is 14.5 Å². The number of hydrogen-bond acceptors (Lipinski definition) is 2. The van der Waals surface area contributed by atoms with E-state index in [0.29, 0.717) is 5.56 Å². The standard InChI is InChI=1S/C23H20FN3O/c1-13-11-18(24)14(2)10-17(13)22-23(27-9-3-4-20(27)26-22)16-5-7-19-15(12-16)6-8-21(28)25-19/h5-8,10-12H,3-4,9H2,1-2H3,(H,25,28). The molecule has 0 spiro atoms. The first-order valence-electron chi connectivity index (χ1n) is 9.51. The molecule has 0 unspecified atom stereocenters. The highest BCUT2D eigenvalue weighted by Gasteiger charge is 2.24. The Morgan fingerprint density at radius 3 is 2.79 bits per heavy atom. The van der Waals surface area contributed by atoms with E-state index in [1.165, 1.54) is 0 Å². The van der Waals surface area contributed by atoms with E-state index in [1.807, 2.05) is 31.2 Å². The van der Waals surface area contributed by atoms with Gasteiger partial charge in [-0.15, -0.1) is 0 Å². The van der Waals surface area contributed by atoms with Crippen molar-refractivity contribution in [2.24, 2.45) is 0 Å². The van der Waals surface area contributed by atoms with Crippen molar-refractivity contribution < 1.29 is 4.39 Å². The molecule has 0 saturated heterocycles. The lowest BCUT2D eigenvalue weighted by Gasteiger charge is -2.12. The summed E-state index contributed by atoms with van der Waals surface area (Å²) in [6, 6.07) is 12.9. The predicted molar refractivity (Wildman–Crippen MR) is 109 cm³/mol. The van der Waals surface area contributed by atoms with E-state index in [0.717, 1.165) is 64.2 Å². The number of hydrogen-bond donors (Lipinski definition) is 1. The number of H-pyrrole nitrogens is 1. The van der Waals surface area contributed by atoms with Gasteiger partial charge in [-0.3, -0.25) is 4.79 Å². The fraction of sp³-hybridized carbons (Fsp3) is 0.217. The van der Waals surface area contributed by atoms with Gasteiger partial charge in [0.1, 0.15) is 11.6 Å². The Hall–Kier alpha value is -3.21. The number of nitrogens with zero attached hydrogens (tertiary/aromatic N) is 2. The van der Waals surface area contributed by atoms with Gasteiger partial charge in [0.2, 0.25) is 5.56 Å². The van der Waals surface area contributed by atoms with Crippen LogP contribution in [-0.2, 0) is 13.0 Å². The van der Waals surface area contributed by atoms with Crippen molar-refractivity contribution in [3.05, 3.63) is 75.6 Å². The van der Waals surface area contributed by atoms with Crippen molar-refractivity contribution in [2.75, 3.05) is 0 Å². The number of imidazole rings is 1. The van der Waals surface area contributed by atoms with Gasteiger partial charge in [0.15, 0.2) is 0 Å². The van der Waals surface area contributed by atoms with Crippen LogP contribution in [0.15, 0.2) is 47.3 Å². The zero-order valence-corrected chi connectivity index (χ0v) is 15.8. The van der Waals surface area contributed by atoms with E-state index in [2.05, 4.69) is 15.6 Å². The third kappa shape index (κ3) is 2.58. The molecule has 1 aliphatic rings. The fourth-order valence-corrected chi connectivity index (χ4v) is 4.14. The molecule has 0 atom stereocenters. The molecule has 0 aliphatic carbocycles. The lowest BCUT2D eigenvalue weighted by Crippen LogP contribution is -2.02. The van der Waals surface area contributed by atoms with Gasteiger partial charge in [-0.25, -0.2) is 9.37 Å². The first-order chi connectivity index (χ1) is 13.5. The molecular formula is C23H20FN3O. The Morgan fingerprint density at radius 2 is 1.93 bits per heavy atom. The van der Waals surface area contributed by atoms with Crippen LogP contribution in [0.25, 0.3) is 33.4 Å². The maximum atomic E-state index is 14.0. The Bertz CT molecular complexity index is 1300. The van der Waals surface area contributed by atoms with Crippen molar-refractivity contribution in [1.29, 1.82) is 0 Å². The summed E-state index contributed by atoms with van der Waals surface area (Å²) in [5.41, 5.74) is 6.20. The molecule has 0 radical (unpaired) electrons. The number of fused-ring (bicyclic) bond motifs is 2. The summed E-state index contributed by atoms with van der Waals surface area (Å²) < 4.78 is 16.3. The normalized spacial score (nSPS) is 13.2. The molecule has 0 amide bonds. The second-order valence-electron chi connectivity index (χ2n) is 7.52. The molecule has 3 heterocycles. The SMILES string of the molecule is Cc1cc(-c2nc3n(c2-c2ccc4[nH]c(=O)ccc4c2)CCC3)c(C)cc1F. The van der Waals surface area contributed by atoms with Crippen molar-refractivity contribution in [3.63, 3.8) is 0 Å². The van der Waals surface area contributed by atoms with E-state index < -0.39 is 0 Å². The second-order valence-corrected chi connectivity index (χ2v) is 7.52. The van der Waals surface area contributed by atoms with Gasteiger partial charge in [-0.05, 0) is 67.1 Å². The first kappa shape index (κ1) is 16.9. The highest BCUT2D eigenvalue weighted by atomic mass is 19.1. The summed E-state index contributed by atoms with van der Waals surface area (Å²) in [7, 11) is 0. The van der Waals surface area contributed by atoms with Crippen LogP contribution >= 0.6 is 0 Å². The van der Waals surface area contributed by atoms with Gasteiger partial charge in [-0.1, -0.05) is 6.07 Å². The number of nitrogens with one attached hydrogen (secondary N) is 1. The number of halogens is 1. The molecule has 0 bridgehead atoms. The topological polar surface area (TPSA) is 50.7 Å². The van der Waals surface area contributed by atoms with E-state index >= 15 is 0 Å². The molecule has 4 aromatic rings. The summed E-state index contributed by atoms with van der Waals surface area (Å²) in [6.07, 6.45) is 2.03. The molecule has 140 valence electrons. The van der Waals surface area contributed by atoms with Crippen LogP contribution in [-0.4, -0.2) is 14.5 Å². The van der Waals surface area contributed by atoms with Gasteiger partial charge in [0.05, 0.1) is 11.4 Å². The van der Waals surface area contributed by atoms with Crippen molar-refractivity contribution >= 4 is 10.9 Å². The summed E-state index contributed by atoms with van der Waals surface area (Å²) in [5, 5.41) is 0.976. The lowest BCUT2D eigenvalue weighted by atomic mass is 9.98. The van der Waals surface area contributed by atoms with Crippen molar-refractivity contribution in [3.8, 4) is 22.5 Å².